The van der Waals surface area contributed by atoms with Gasteiger partial charge in [0.15, 0.2) is 5.96 Å². The first-order valence-corrected chi connectivity index (χ1v) is 9.69. The summed E-state index contributed by atoms with van der Waals surface area (Å²) in [6, 6.07) is -0.307. The van der Waals surface area contributed by atoms with Crippen LogP contribution in [-0.2, 0) is 9.53 Å². The van der Waals surface area contributed by atoms with E-state index in [0.29, 0.717) is 25.3 Å². The molecule has 2 fully saturated rings. The Kier molecular flexibility index (Phi) is 10.9. The molecule has 3 unspecified atom stereocenters. The molecule has 2 aliphatic rings. The second-order valence-corrected chi connectivity index (χ2v) is 7.57. The minimum Gasteiger partial charge on any atom is -0.376 e. The van der Waals surface area contributed by atoms with Gasteiger partial charge in [-0.05, 0) is 38.5 Å². The molecule has 10 heteroatoms. The predicted molar refractivity (Wildman–Crippen MR) is 113 cm³/mol. The molecule has 164 valence electrons. The number of guanidine groups is 1. The molecule has 0 aromatic heterocycles. The van der Waals surface area contributed by atoms with Crippen LogP contribution in [0.5, 0.6) is 0 Å². The first-order valence-electron chi connectivity index (χ1n) is 9.69. The molecule has 28 heavy (non-hydrogen) atoms. The average Bonchev–Trinajstić information content (AvgIpc) is 2.64. The first-order chi connectivity index (χ1) is 12.8. The van der Waals surface area contributed by atoms with E-state index in [0.717, 1.165) is 25.9 Å². The van der Waals surface area contributed by atoms with E-state index in [4.69, 9.17) is 4.74 Å². The minimum absolute atomic E-state index is 0. The van der Waals surface area contributed by atoms with Crippen molar-refractivity contribution >= 4 is 35.8 Å². The van der Waals surface area contributed by atoms with Crippen molar-refractivity contribution in [3.63, 3.8) is 0 Å². The highest BCUT2D eigenvalue weighted by molar-refractivity contribution is 14.0. The summed E-state index contributed by atoms with van der Waals surface area (Å²) in [6.07, 6.45) is 0.382. The molecule has 3 atom stereocenters. The molecule has 2 rings (SSSR count). The lowest BCUT2D eigenvalue weighted by molar-refractivity contribution is -0.183. The van der Waals surface area contributed by atoms with E-state index in [9.17, 15) is 18.0 Å². The van der Waals surface area contributed by atoms with Crippen LogP contribution < -0.4 is 10.6 Å². The zero-order valence-corrected chi connectivity index (χ0v) is 18.9. The summed E-state index contributed by atoms with van der Waals surface area (Å²) in [7, 11) is 3.28. The molecule has 1 saturated carbocycles. The van der Waals surface area contributed by atoms with Crippen LogP contribution in [0, 0.1) is 5.92 Å². The van der Waals surface area contributed by atoms with Gasteiger partial charge in [-0.2, -0.15) is 13.2 Å². The van der Waals surface area contributed by atoms with Crippen molar-refractivity contribution in [3.8, 4) is 0 Å². The van der Waals surface area contributed by atoms with Crippen molar-refractivity contribution in [3.05, 3.63) is 0 Å². The number of nitrogens with zero attached hydrogens (tertiary/aromatic N) is 2. The fraction of sp³-hybridized carbons (Fsp3) is 0.889. The summed E-state index contributed by atoms with van der Waals surface area (Å²) < 4.78 is 44.8. The van der Waals surface area contributed by atoms with Gasteiger partial charge in [-0.15, -0.1) is 24.0 Å². The molecular formula is C18H32F3IN4O2. The van der Waals surface area contributed by atoms with Crippen molar-refractivity contribution in [2.45, 2.75) is 63.3 Å². The number of nitrogens with one attached hydrogen (secondary N) is 2. The van der Waals surface area contributed by atoms with Crippen LogP contribution in [0.3, 0.4) is 0 Å². The minimum atomic E-state index is -4.16. The molecular weight excluding hydrogens is 488 g/mol. The molecule has 0 spiro atoms. The highest BCUT2D eigenvalue weighted by atomic mass is 127. The third-order valence-electron chi connectivity index (χ3n) is 5.12. The van der Waals surface area contributed by atoms with Gasteiger partial charge < -0.3 is 20.3 Å². The van der Waals surface area contributed by atoms with Gasteiger partial charge in [0, 0.05) is 33.3 Å². The van der Waals surface area contributed by atoms with Crippen molar-refractivity contribution in [2.24, 2.45) is 10.9 Å². The highest BCUT2D eigenvalue weighted by Gasteiger charge is 2.42. The maximum atomic E-state index is 13.0. The second kappa shape index (κ2) is 12.0. The summed E-state index contributed by atoms with van der Waals surface area (Å²) in [5, 5.41) is 6.25. The van der Waals surface area contributed by atoms with Gasteiger partial charge in [0.1, 0.15) is 6.54 Å². The number of carbonyl (C=O) groups excluding carboxylic acids is 1. The summed E-state index contributed by atoms with van der Waals surface area (Å²) in [5.41, 5.74) is 0. The topological polar surface area (TPSA) is 66.0 Å². The third-order valence-corrected chi connectivity index (χ3v) is 5.12. The van der Waals surface area contributed by atoms with Gasteiger partial charge in [0.25, 0.3) is 0 Å². The normalized spacial score (nSPS) is 26.2. The van der Waals surface area contributed by atoms with Gasteiger partial charge >= 0.3 is 6.18 Å². The lowest BCUT2D eigenvalue weighted by Crippen LogP contribution is -2.49. The number of carbonyl (C=O) groups is 1. The largest absolute Gasteiger partial charge is 0.391 e. The highest BCUT2D eigenvalue weighted by Crippen LogP contribution is 2.37. The van der Waals surface area contributed by atoms with Crippen molar-refractivity contribution in [1.29, 1.82) is 0 Å². The van der Waals surface area contributed by atoms with Crippen molar-refractivity contribution < 1.29 is 22.7 Å². The summed E-state index contributed by atoms with van der Waals surface area (Å²) in [6.45, 7) is 1.20. The molecule has 0 aromatic rings. The van der Waals surface area contributed by atoms with Crippen LogP contribution in [0.25, 0.3) is 0 Å². The maximum absolute atomic E-state index is 13.0. The van der Waals surface area contributed by atoms with E-state index in [1.165, 1.54) is 4.90 Å². The van der Waals surface area contributed by atoms with Gasteiger partial charge in [-0.3, -0.25) is 4.79 Å². The number of likely N-dealkylation sites (N-methyl/N-ethyl adjacent to an activating group) is 1. The van der Waals surface area contributed by atoms with Crippen LogP contribution in [-0.4, -0.2) is 68.9 Å². The molecule has 6 nitrogen and oxygen atoms in total. The van der Waals surface area contributed by atoms with Gasteiger partial charge in [-0.25, -0.2) is 4.99 Å². The number of alkyl halides is 3. The SMILES string of the molecule is CN(C)C(=O)CN=C(NCC1CCCCO1)NC1CCCC(C(F)(F)F)C1.I. The van der Waals surface area contributed by atoms with Crippen molar-refractivity contribution in [1.82, 2.24) is 15.5 Å². The summed E-state index contributed by atoms with van der Waals surface area (Å²) in [5.74, 6) is -1.07. The van der Waals surface area contributed by atoms with Crippen LogP contribution in [0.2, 0.25) is 0 Å². The van der Waals surface area contributed by atoms with E-state index >= 15 is 0 Å². The molecule has 1 saturated heterocycles. The number of ether oxygens (including phenoxy) is 1. The van der Waals surface area contributed by atoms with Crippen LogP contribution >= 0.6 is 24.0 Å². The van der Waals surface area contributed by atoms with Crippen molar-refractivity contribution in [2.75, 3.05) is 33.8 Å². The second-order valence-electron chi connectivity index (χ2n) is 7.57. The summed E-state index contributed by atoms with van der Waals surface area (Å²) in [4.78, 5) is 17.5. The Labute approximate surface area is 182 Å². The Balaban J connectivity index is 0.00000392. The maximum Gasteiger partial charge on any atom is 0.391 e. The fourth-order valence-corrected chi connectivity index (χ4v) is 3.43. The molecule has 0 bridgehead atoms. The Morgan fingerprint density at radius 3 is 2.54 bits per heavy atom. The number of rotatable bonds is 5. The standard InChI is InChI=1S/C18H31F3N4O2.HI/c1-25(2)16(26)12-23-17(22-11-15-8-3-4-9-27-15)24-14-7-5-6-13(10-14)18(19,20)21;/h13-15H,3-12H2,1-2H3,(H2,22,23,24);1H. The smallest absolute Gasteiger partial charge is 0.376 e. The molecule has 2 N–H and O–H groups in total. The molecule has 1 amide bonds. The van der Waals surface area contributed by atoms with E-state index < -0.39 is 12.1 Å². The van der Waals surface area contributed by atoms with E-state index in [2.05, 4.69) is 15.6 Å². The van der Waals surface area contributed by atoms with Gasteiger partial charge in [-0.1, -0.05) is 6.42 Å². The Hall–Kier alpha value is -0.780. The fourth-order valence-electron chi connectivity index (χ4n) is 3.43. The summed E-state index contributed by atoms with van der Waals surface area (Å²) >= 11 is 0. The molecule has 1 heterocycles. The van der Waals surface area contributed by atoms with E-state index in [-0.39, 0.29) is 61.4 Å². The van der Waals surface area contributed by atoms with Crippen LogP contribution in [0.4, 0.5) is 13.2 Å². The quantitative estimate of drug-likeness (QED) is 0.333. The number of hydrogen-bond acceptors (Lipinski definition) is 3. The lowest BCUT2D eigenvalue weighted by Gasteiger charge is -2.32. The lowest BCUT2D eigenvalue weighted by atomic mass is 9.85. The number of halogens is 4. The van der Waals surface area contributed by atoms with Crippen LogP contribution in [0.1, 0.15) is 44.9 Å². The Morgan fingerprint density at radius 1 is 1.18 bits per heavy atom. The van der Waals surface area contributed by atoms with E-state index in [1.807, 2.05) is 0 Å². The van der Waals surface area contributed by atoms with E-state index in [1.54, 1.807) is 14.1 Å². The zero-order valence-electron chi connectivity index (χ0n) is 16.6. The van der Waals surface area contributed by atoms with Gasteiger partial charge in [0.05, 0.1) is 12.0 Å². The Morgan fingerprint density at radius 2 is 1.93 bits per heavy atom. The first kappa shape index (κ1) is 25.3. The molecule has 1 aliphatic carbocycles. The molecule has 0 radical (unpaired) electrons. The third kappa shape index (κ3) is 8.71. The Bertz CT molecular complexity index is 512. The zero-order chi connectivity index (χ0) is 19.9. The number of aliphatic imine (C=N–C) groups is 1. The number of amides is 1. The molecule has 1 aliphatic heterocycles. The predicted octanol–water partition coefficient (Wildman–Crippen LogP) is 2.92. The average molecular weight is 520 g/mol. The monoisotopic (exact) mass is 520 g/mol. The number of hydrogen-bond donors (Lipinski definition) is 2. The van der Waals surface area contributed by atoms with Gasteiger partial charge in [0.2, 0.25) is 5.91 Å². The van der Waals surface area contributed by atoms with Crippen LogP contribution in [0.15, 0.2) is 4.99 Å². The molecule has 0 aromatic carbocycles.